The smallest absolute Gasteiger partial charge is 0.122 e. The molecule has 1 aliphatic rings. The Hall–Kier alpha value is -2.03. The van der Waals surface area contributed by atoms with Gasteiger partial charge in [0, 0.05) is 18.9 Å². The maximum Gasteiger partial charge on any atom is 0.122 e. The normalized spacial score (nSPS) is 14.5. The van der Waals surface area contributed by atoms with Crippen LogP contribution in [-0.2, 0) is 19.4 Å². The molecule has 1 aromatic carbocycles. The predicted octanol–water partition coefficient (Wildman–Crippen LogP) is 4.96. The highest BCUT2D eigenvalue weighted by molar-refractivity contribution is 5.62. The number of rotatable bonds is 6. The van der Waals surface area contributed by atoms with Gasteiger partial charge in [0.05, 0.1) is 6.61 Å². The van der Waals surface area contributed by atoms with E-state index in [1.165, 1.54) is 41.5 Å². The summed E-state index contributed by atoms with van der Waals surface area (Å²) in [6, 6.07) is 4.40. The van der Waals surface area contributed by atoms with Gasteiger partial charge in [0.15, 0.2) is 0 Å². The summed E-state index contributed by atoms with van der Waals surface area (Å²) in [5, 5.41) is 0. The molecule has 3 heteroatoms. The van der Waals surface area contributed by atoms with E-state index < -0.39 is 0 Å². The molecular weight excluding hydrogens is 296 g/mol. The topological polar surface area (TPSA) is 27.1 Å². The third kappa shape index (κ3) is 3.55. The zero-order chi connectivity index (χ0) is 16.9. The van der Waals surface area contributed by atoms with Crippen LogP contribution in [0, 0.1) is 6.92 Å². The zero-order valence-electron chi connectivity index (χ0n) is 15.1. The second kappa shape index (κ2) is 7.69. The molecule has 0 saturated heterocycles. The summed E-state index contributed by atoms with van der Waals surface area (Å²) in [5.41, 5.74) is 5.75. The van der Waals surface area contributed by atoms with Crippen molar-refractivity contribution in [1.29, 1.82) is 0 Å². The molecular formula is C21H28N2O. The molecule has 2 aromatic rings. The van der Waals surface area contributed by atoms with Gasteiger partial charge < -0.3 is 9.30 Å². The number of aryl methyl sites for hydroxylation is 1. The lowest BCUT2D eigenvalue weighted by Crippen LogP contribution is -2.08. The van der Waals surface area contributed by atoms with Gasteiger partial charge in [0.25, 0.3) is 0 Å². The Balaban J connectivity index is 1.94. The van der Waals surface area contributed by atoms with Crippen molar-refractivity contribution < 1.29 is 4.74 Å². The Kier molecular flexibility index (Phi) is 5.39. The Morgan fingerprint density at radius 2 is 2.00 bits per heavy atom. The third-order valence-corrected chi connectivity index (χ3v) is 4.94. The van der Waals surface area contributed by atoms with Crippen molar-refractivity contribution in [3.05, 3.63) is 52.6 Å². The molecule has 0 aliphatic heterocycles. The van der Waals surface area contributed by atoms with E-state index in [-0.39, 0.29) is 0 Å². The first-order valence-electron chi connectivity index (χ1n) is 9.17. The number of hydrogen-bond acceptors (Lipinski definition) is 2. The lowest BCUT2D eigenvalue weighted by molar-refractivity contribution is 0.334. The molecule has 24 heavy (non-hydrogen) atoms. The second-order valence-electron chi connectivity index (χ2n) is 6.51. The summed E-state index contributed by atoms with van der Waals surface area (Å²) in [5.74, 6) is 2.16. The molecule has 1 aromatic heterocycles. The number of imidazole rings is 1. The van der Waals surface area contributed by atoms with E-state index in [1.807, 2.05) is 6.20 Å². The summed E-state index contributed by atoms with van der Waals surface area (Å²) < 4.78 is 8.08. The number of aromatic nitrogens is 2. The predicted molar refractivity (Wildman–Crippen MR) is 99.5 cm³/mol. The minimum atomic E-state index is 0.738. The van der Waals surface area contributed by atoms with Crippen LogP contribution in [0.5, 0.6) is 5.75 Å². The van der Waals surface area contributed by atoms with Crippen molar-refractivity contribution in [3.8, 4) is 5.75 Å². The van der Waals surface area contributed by atoms with Gasteiger partial charge in [-0.1, -0.05) is 24.6 Å². The molecule has 0 bridgehead atoms. The summed E-state index contributed by atoms with van der Waals surface area (Å²) in [6.07, 6.45) is 12.3. The lowest BCUT2D eigenvalue weighted by atomic mass is 9.86. The standard InChI is InChI=1S/C21H28N2O/c1-4-17(15-23-13-12-22-16(23)3)14-18-10-11-21(24-5-2)20-9-7-6-8-19(18)20/h10-14H,4-9,15H2,1-3H3/b17-14-. The highest BCUT2D eigenvalue weighted by atomic mass is 16.5. The highest BCUT2D eigenvalue weighted by Crippen LogP contribution is 2.33. The summed E-state index contributed by atoms with van der Waals surface area (Å²) >= 11 is 0. The van der Waals surface area contributed by atoms with Crippen LogP contribution in [-0.4, -0.2) is 16.2 Å². The Labute approximate surface area is 145 Å². The Bertz CT molecular complexity index is 727. The first-order valence-corrected chi connectivity index (χ1v) is 9.17. The van der Waals surface area contributed by atoms with Gasteiger partial charge in [0.1, 0.15) is 11.6 Å². The SMILES string of the molecule is CCOc1ccc(/C=C(/CC)Cn2ccnc2C)c2c1CCCC2. The molecule has 128 valence electrons. The van der Waals surface area contributed by atoms with Crippen molar-refractivity contribution in [2.24, 2.45) is 0 Å². The van der Waals surface area contributed by atoms with Gasteiger partial charge in [-0.3, -0.25) is 0 Å². The fourth-order valence-corrected chi connectivity index (χ4v) is 3.56. The minimum absolute atomic E-state index is 0.738. The molecule has 0 saturated carbocycles. The molecule has 1 aliphatic carbocycles. The molecule has 1 heterocycles. The molecule has 3 rings (SSSR count). The number of benzene rings is 1. The number of ether oxygens (including phenoxy) is 1. The quantitative estimate of drug-likeness (QED) is 0.750. The number of nitrogens with zero attached hydrogens (tertiary/aromatic N) is 2. The fraction of sp³-hybridized carbons (Fsp3) is 0.476. The van der Waals surface area contributed by atoms with Gasteiger partial charge >= 0.3 is 0 Å². The fourth-order valence-electron chi connectivity index (χ4n) is 3.56. The van der Waals surface area contributed by atoms with Gasteiger partial charge in [-0.2, -0.15) is 0 Å². The van der Waals surface area contributed by atoms with Crippen LogP contribution in [0.1, 0.15) is 55.6 Å². The number of fused-ring (bicyclic) bond motifs is 1. The summed E-state index contributed by atoms with van der Waals surface area (Å²) in [6.45, 7) is 8.02. The van der Waals surface area contributed by atoms with E-state index in [4.69, 9.17) is 4.74 Å². The van der Waals surface area contributed by atoms with Crippen molar-refractivity contribution in [1.82, 2.24) is 9.55 Å². The van der Waals surface area contributed by atoms with Crippen LogP contribution in [0.4, 0.5) is 0 Å². The molecule has 0 amide bonds. The van der Waals surface area contributed by atoms with Crippen LogP contribution in [0.25, 0.3) is 6.08 Å². The highest BCUT2D eigenvalue weighted by Gasteiger charge is 2.17. The van der Waals surface area contributed by atoms with Gasteiger partial charge in [0.2, 0.25) is 0 Å². The van der Waals surface area contributed by atoms with E-state index in [0.717, 1.165) is 37.6 Å². The zero-order valence-corrected chi connectivity index (χ0v) is 15.1. The molecule has 0 atom stereocenters. The average molecular weight is 324 g/mol. The van der Waals surface area contributed by atoms with Crippen LogP contribution in [0.3, 0.4) is 0 Å². The molecule has 3 nitrogen and oxygen atoms in total. The van der Waals surface area contributed by atoms with Crippen molar-refractivity contribution >= 4 is 6.08 Å². The van der Waals surface area contributed by atoms with Gasteiger partial charge in [-0.25, -0.2) is 4.98 Å². The minimum Gasteiger partial charge on any atom is -0.494 e. The maximum atomic E-state index is 5.86. The van der Waals surface area contributed by atoms with Crippen LogP contribution >= 0.6 is 0 Å². The molecule has 0 spiro atoms. The van der Waals surface area contributed by atoms with E-state index in [0.29, 0.717) is 0 Å². The average Bonchev–Trinajstić information content (AvgIpc) is 3.01. The Morgan fingerprint density at radius 3 is 2.67 bits per heavy atom. The lowest BCUT2D eigenvalue weighted by Gasteiger charge is -2.22. The molecule has 0 unspecified atom stereocenters. The van der Waals surface area contributed by atoms with Crippen molar-refractivity contribution in [3.63, 3.8) is 0 Å². The van der Waals surface area contributed by atoms with Crippen LogP contribution < -0.4 is 4.74 Å². The number of hydrogen-bond donors (Lipinski definition) is 0. The van der Waals surface area contributed by atoms with Gasteiger partial charge in [-0.05, 0) is 68.7 Å². The number of allylic oxidation sites excluding steroid dienone is 1. The van der Waals surface area contributed by atoms with Crippen LogP contribution in [0.15, 0.2) is 30.1 Å². The largest absolute Gasteiger partial charge is 0.494 e. The summed E-state index contributed by atoms with van der Waals surface area (Å²) in [7, 11) is 0. The first-order chi connectivity index (χ1) is 11.7. The second-order valence-corrected chi connectivity index (χ2v) is 6.51. The van der Waals surface area contributed by atoms with Crippen molar-refractivity contribution in [2.75, 3.05) is 6.61 Å². The molecule has 0 radical (unpaired) electrons. The van der Waals surface area contributed by atoms with E-state index in [9.17, 15) is 0 Å². The monoisotopic (exact) mass is 324 g/mol. The summed E-state index contributed by atoms with van der Waals surface area (Å²) in [4.78, 5) is 4.33. The Morgan fingerprint density at radius 1 is 1.21 bits per heavy atom. The first kappa shape index (κ1) is 16.8. The third-order valence-electron chi connectivity index (χ3n) is 4.94. The van der Waals surface area contributed by atoms with Gasteiger partial charge in [-0.15, -0.1) is 0 Å². The van der Waals surface area contributed by atoms with E-state index in [2.05, 4.69) is 54.7 Å². The van der Waals surface area contributed by atoms with E-state index >= 15 is 0 Å². The molecule has 0 fully saturated rings. The maximum absolute atomic E-state index is 5.86. The van der Waals surface area contributed by atoms with Crippen molar-refractivity contribution in [2.45, 2.75) is 59.4 Å². The van der Waals surface area contributed by atoms with Crippen LogP contribution in [0.2, 0.25) is 0 Å². The molecule has 0 N–H and O–H groups in total. The van der Waals surface area contributed by atoms with E-state index in [1.54, 1.807) is 0 Å².